The summed E-state index contributed by atoms with van der Waals surface area (Å²) in [5.41, 5.74) is 2.57. The van der Waals surface area contributed by atoms with Gasteiger partial charge >= 0.3 is 5.97 Å². The van der Waals surface area contributed by atoms with Crippen molar-refractivity contribution in [3.8, 4) is 0 Å². The monoisotopic (exact) mass is 232 g/mol. The molecule has 0 N–H and O–H groups in total. The lowest BCUT2D eigenvalue weighted by atomic mass is 10.0. The van der Waals surface area contributed by atoms with Crippen LogP contribution in [0.3, 0.4) is 0 Å². The number of hydrogen-bond acceptors (Lipinski definition) is 2. The van der Waals surface area contributed by atoms with Crippen molar-refractivity contribution in [2.75, 3.05) is 6.61 Å². The molecule has 1 aromatic rings. The highest BCUT2D eigenvalue weighted by molar-refractivity contribution is 5.66. The van der Waals surface area contributed by atoms with Gasteiger partial charge in [0.15, 0.2) is 0 Å². The quantitative estimate of drug-likeness (QED) is 0.700. The Hall–Kier alpha value is -1.57. The number of benzene rings is 1. The molecule has 0 aliphatic carbocycles. The molecule has 0 fully saturated rings. The van der Waals surface area contributed by atoms with Gasteiger partial charge in [-0.2, -0.15) is 0 Å². The summed E-state index contributed by atoms with van der Waals surface area (Å²) in [7, 11) is 0. The van der Waals surface area contributed by atoms with Crippen molar-refractivity contribution in [1.82, 2.24) is 0 Å². The molecule has 2 heteroatoms. The third-order valence-corrected chi connectivity index (χ3v) is 2.53. The number of aryl methyl sites for hydroxylation is 1. The van der Waals surface area contributed by atoms with E-state index < -0.39 is 0 Å². The first-order valence-corrected chi connectivity index (χ1v) is 6.12. The highest BCUT2D eigenvalue weighted by Gasteiger charge is 1.97. The molecule has 0 spiro atoms. The van der Waals surface area contributed by atoms with Gasteiger partial charge in [0, 0.05) is 6.92 Å². The van der Waals surface area contributed by atoms with Crippen molar-refractivity contribution in [1.29, 1.82) is 0 Å². The lowest BCUT2D eigenvalue weighted by molar-refractivity contribution is -0.139. The molecule has 0 unspecified atom stereocenters. The lowest BCUT2D eigenvalue weighted by Gasteiger charge is -2.04. The summed E-state index contributed by atoms with van der Waals surface area (Å²) in [6.07, 6.45) is 7.41. The van der Waals surface area contributed by atoms with Gasteiger partial charge in [-0.1, -0.05) is 43.7 Å². The minimum Gasteiger partial charge on any atom is -0.462 e. The normalized spacial score (nSPS) is 10.7. The zero-order valence-electron chi connectivity index (χ0n) is 10.6. The van der Waals surface area contributed by atoms with Crippen LogP contribution in [-0.2, 0) is 16.0 Å². The van der Waals surface area contributed by atoms with Crippen LogP contribution < -0.4 is 0 Å². The predicted molar refractivity (Wildman–Crippen MR) is 70.7 cm³/mol. The molecule has 0 saturated heterocycles. The smallest absolute Gasteiger partial charge is 0.302 e. The number of unbranched alkanes of at least 4 members (excludes halogenated alkanes) is 1. The van der Waals surface area contributed by atoms with Gasteiger partial charge in [-0.25, -0.2) is 0 Å². The van der Waals surface area contributed by atoms with Gasteiger partial charge in [0.1, 0.15) is 6.61 Å². The van der Waals surface area contributed by atoms with Crippen LogP contribution in [0.5, 0.6) is 0 Å². The highest BCUT2D eigenvalue weighted by atomic mass is 16.5. The van der Waals surface area contributed by atoms with E-state index in [4.69, 9.17) is 4.74 Å². The van der Waals surface area contributed by atoms with E-state index in [-0.39, 0.29) is 5.97 Å². The third-order valence-electron chi connectivity index (χ3n) is 2.53. The molecule has 0 aliphatic rings. The standard InChI is InChI=1S/C15H20O2/c1-3-4-8-14-9-5-6-10-15(14)11-7-12-17-13(2)16/h5-7,9-11H,3-4,8,12H2,1-2H3/b11-7+. The minimum absolute atomic E-state index is 0.242. The molecule has 0 amide bonds. The van der Waals surface area contributed by atoms with Crippen molar-refractivity contribution < 1.29 is 9.53 Å². The van der Waals surface area contributed by atoms with E-state index in [1.165, 1.54) is 30.9 Å². The molecular formula is C15H20O2. The van der Waals surface area contributed by atoms with Crippen LogP contribution in [0.25, 0.3) is 6.08 Å². The first-order valence-electron chi connectivity index (χ1n) is 6.12. The van der Waals surface area contributed by atoms with E-state index in [1.54, 1.807) is 0 Å². The maximum atomic E-state index is 10.6. The molecule has 0 aliphatic heterocycles. The maximum Gasteiger partial charge on any atom is 0.302 e. The van der Waals surface area contributed by atoms with Gasteiger partial charge in [0.25, 0.3) is 0 Å². The number of hydrogen-bond donors (Lipinski definition) is 0. The number of ether oxygens (including phenoxy) is 1. The number of esters is 1. The summed E-state index contributed by atoms with van der Waals surface area (Å²) < 4.78 is 4.86. The van der Waals surface area contributed by atoms with Crippen LogP contribution in [0, 0.1) is 0 Å². The average Bonchev–Trinajstić information content (AvgIpc) is 2.33. The fourth-order valence-electron chi connectivity index (χ4n) is 1.63. The van der Waals surface area contributed by atoms with E-state index >= 15 is 0 Å². The summed E-state index contributed by atoms with van der Waals surface area (Å²) in [6.45, 7) is 3.96. The van der Waals surface area contributed by atoms with E-state index in [2.05, 4.69) is 25.1 Å². The lowest BCUT2D eigenvalue weighted by Crippen LogP contribution is -1.97. The molecule has 2 nitrogen and oxygen atoms in total. The van der Waals surface area contributed by atoms with Crippen LogP contribution in [-0.4, -0.2) is 12.6 Å². The highest BCUT2D eigenvalue weighted by Crippen LogP contribution is 2.13. The second-order valence-corrected chi connectivity index (χ2v) is 4.01. The fraction of sp³-hybridized carbons (Fsp3) is 0.400. The second-order valence-electron chi connectivity index (χ2n) is 4.01. The molecule has 0 radical (unpaired) electrons. The average molecular weight is 232 g/mol. The first kappa shape index (κ1) is 13.5. The van der Waals surface area contributed by atoms with E-state index in [9.17, 15) is 4.79 Å². The largest absolute Gasteiger partial charge is 0.462 e. The molecule has 0 atom stereocenters. The zero-order chi connectivity index (χ0) is 12.5. The van der Waals surface area contributed by atoms with Crippen LogP contribution in [0.4, 0.5) is 0 Å². The molecule has 0 saturated carbocycles. The zero-order valence-corrected chi connectivity index (χ0v) is 10.6. The second kappa shape index (κ2) is 7.66. The SMILES string of the molecule is CCCCc1ccccc1/C=C/COC(C)=O. The number of carbonyl (C=O) groups excluding carboxylic acids is 1. The molecule has 92 valence electrons. The molecule has 0 aromatic heterocycles. The van der Waals surface area contributed by atoms with Gasteiger partial charge in [0.2, 0.25) is 0 Å². The number of rotatable bonds is 6. The summed E-state index contributed by atoms with van der Waals surface area (Å²) in [4.78, 5) is 10.6. The topological polar surface area (TPSA) is 26.3 Å². The Balaban J connectivity index is 2.59. The Bertz CT molecular complexity index is 380. The molecule has 17 heavy (non-hydrogen) atoms. The first-order chi connectivity index (χ1) is 8.24. The molecule has 1 aromatic carbocycles. The van der Waals surface area contributed by atoms with Crippen molar-refractivity contribution in [2.45, 2.75) is 33.1 Å². The number of carbonyl (C=O) groups is 1. The molecule has 0 bridgehead atoms. The Kier molecular flexibility index (Phi) is 6.08. The van der Waals surface area contributed by atoms with Crippen LogP contribution >= 0.6 is 0 Å². The molecule has 0 heterocycles. The van der Waals surface area contributed by atoms with Gasteiger partial charge in [-0.15, -0.1) is 0 Å². The Morgan fingerprint density at radius 1 is 1.35 bits per heavy atom. The van der Waals surface area contributed by atoms with Crippen molar-refractivity contribution in [2.24, 2.45) is 0 Å². The summed E-state index contributed by atoms with van der Waals surface area (Å²) in [5, 5.41) is 0. The summed E-state index contributed by atoms with van der Waals surface area (Å²) in [6, 6.07) is 8.34. The summed E-state index contributed by atoms with van der Waals surface area (Å²) >= 11 is 0. The maximum absolute atomic E-state index is 10.6. The summed E-state index contributed by atoms with van der Waals surface area (Å²) in [5.74, 6) is -0.242. The van der Waals surface area contributed by atoms with E-state index in [0.29, 0.717) is 6.61 Å². The fourth-order valence-corrected chi connectivity index (χ4v) is 1.63. The Labute approximate surface area is 103 Å². The van der Waals surface area contributed by atoms with Gasteiger partial charge in [-0.3, -0.25) is 4.79 Å². The van der Waals surface area contributed by atoms with Crippen molar-refractivity contribution in [3.63, 3.8) is 0 Å². The Morgan fingerprint density at radius 2 is 2.12 bits per heavy atom. The molecule has 1 rings (SSSR count). The predicted octanol–water partition coefficient (Wildman–Crippen LogP) is 3.61. The van der Waals surface area contributed by atoms with Crippen LogP contribution in [0.2, 0.25) is 0 Å². The Morgan fingerprint density at radius 3 is 2.82 bits per heavy atom. The van der Waals surface area contributed by atoms with Crippen molar-refractivity contribution in [3.05, 3.63) is 41.5 Å². The van der Waals surface area contributed by atoms with Crippen molar-refractivity contribution >= 4 is 12.0 Å². The third kappa shape index (κ3) is 5.34. The minimum atomic E-state index is -0.242. The van der Waals surface area contributed by atoms with Gasteiger partial charge in [-0.05, 0) is 30.0 Å². The van der Waals surface area contributed by atoms with Gasteiger partial charge in [0.05, 0.1) is 0 Å². The van der Waals surface area contributed by atoms with Crippen LogP contribution in [0.15, 0.2) is 30.3 Å². The van der Waals surface area contributed by atoms with E-state index in [1.807, 2.05) is 18.2 Å². The molecular weight excluding hydrogens is 212 g/mol. The van der Waals surface area contributed by atoms with Gasteiger partial charge < -0.3 is 4.74 Å². The van der Waals surface area contributed by atoms with E-state index in [0.717, 1.165) is 6.42 Å². The van der Waals surface area contributed by atoms with Crippen LogP contribution in [0.1, 0.15) is 37.8 Å².